The van der Waals surface area contributed by atoms with Crippen LogP contribution in [0.15, 0.2) is 0 Å². The zero-order chi connectivity index (χ0) is 12.3. The number of hydrogen-bond acceptors (Lipinski definition) is 2. The number of hydrogen-bond donors (Lipinski definition) is 1. The van der Waals surface area contributed by atoms with E-state index in [2.05, 4.69) is 24.1 Å². The first kappa shape index (κ1) is 12.9. The van der Waals surface area contributed by atoms with Crippen molar-refractivity contribution in [3.05, 3.63) is 0 Å². The molecule has 0 radical (unpaired) electrons. The fourth-order valence-electron chi connectivity index (χ4n) is 3.35. The van der Waals surface area contributed by atoms with Gasteiger partial charge in [0.2, 0.25) is 5.91 Å². The lowest BCUT2D eigenvalue weighted by Gasteiger charge is -2.40. The van der Waals surface area contributed by atoms with Crippen LogP contribution in [0.4, 0.5) is 0 Å². The molecule has 2 aliphatic rings. The van der Waals surface area contributed by atoms with Gasteiger partial charge in [-0.15, -0.1) is 0 Å². The second-order valence-electron chi connectivity index (χ2n) is 5.94. The van der Waals surface area contributed by atoms with Crippen LogP contribution in [0, 0.1) is 0 Å². The third-order valence-electron chi connectivity index (χ3n) is 4.07. The smallest absolute Gasteiger partial charge is 0.242 e. The summed E-state index contributed by atoms with van der Waals surface area (Å²) < 4.78 is 0. The Morgan fingerprint density at radius 1 is 1.06 bits per heavy atom. The average Bonchev–Trinajstić information content (AvgIpc) is 2.81. The van der Waals surface area contributed by atoms with E-state index in [0.29, 0.717) is 11.9 Å². The standard InChI is InChI=1S/C14H26N2O/c1-12(2)15-14(8-4-3-5-9-14)13(17)16-10-6-7-11-16/h12,15H,3-11H2,1-2H3. The van der Waals surface area contributed by atoms with Crippen molar-refractivity contribution in [3.8, 4) is 0 Å². The highest BCUT2D eigenvalue weighted by Crippen LogP contribution is 2.31. The van der Waals surface area contributed by atoms with Gasteiger partial charge in [0.1, 0.15) is 0 Å². The summed E-state index contributed by atoms with van der Waals surface area (Å²) in [6.07, 6.45) is 8.10. The zero-order valence-electron chi connectivity index (χ0n) is 11.3. The Bertz CT molecular complexity index is 263. The number of rotatable bonds is 3. The molecule has 0 unspecified atom stereocenters. The number of carbonyl (C=O) groups is 1. The minimum Gasteiger partial charge on any atom is -0.341 e. The van der Waals surface area contributed by atoms with Crippen LogP contribution >= 0.6 is 0 Å². The molecule has 0 bridgehead atoms. The molecule has 2 fully saturated rings. The Kier molecular flexibility index (Phi) is 4.08. The van der Waals surface area contributed by atoms with Crippen LogP contribution < -0.4 is 5.32 Å². The number of nitrogens with zero attached hydrogens (tertiary/aromatic N) is 1. The Labute approximate surface area is 105 Å². The fraction of sp³-hybridized carbons (Fsp3) is 0.929. The van der Waals surface area contributed by atoms with E-state index in [1.807, 2.05) is 0 Å². The first-order chi connectivity index (χ1) is 8.14. The molecule has 2 rings (SSSR count). The molecule has 1 saturated carbocycles. The predicted molar refractivity (Wildman–Crippen MR) is 69.9 cm³/mol. The molecule has 1 aliphatic heterocycles. The SMILES string of the molecule is CC(C)NC1(C(=O)N2CCCC2)CCCCC1. The molecule has 3 heteroatoms. The summed E-state index contributed by atoms with van der Waals surface area (Å²) in [5, 5.41) is 3.58. The van der Waals surface area contributed by atoms with Crippen molar-refractivity contribution >= 4 is 5.91 Å². The normalized spacial score (nSPS) is 24.3. The number of amides is 1. The van der Waals surface area contributed by atoms with Crippen molar-refractivity contribution in [2.75, 3.05) is 13.1 Å². The average molecular weight is 238 g/mol. The van der Waals surface area contributed by atoms with Crippen molar-refractivity contribution < 1.29 is 4.79 Å². The summed E-state index contributed by atoms with van der Waals surface area (Å²) in [6, 6.07) is 0.389. The first-order valence-corrected chi connectivity index (χ1v) is 7.21. The first-order valence-electron chi connectivity index (χ1n) is 7.21. The highest BCUT2D eigenvalue weighted by atomic mass is 16.2. The summed E-state index contributed by atoms with van der Waals surface area (Å²) in [5.74, 6) is 0.378. The summed E-state index contributed by atoms with van der Waals surface area (Å²) in [7, 11) is 0. The number of nitrogens with one attached hydrogen (secondary N) is 1. The van der Waals surface area contributed by atoms with E-state index in [0.717, 1.165) is 25.9 Å². The van der Waals surface area contributed by atoms with E-state index < -0.39 is 0 Å². The van der Waals surface area contributed by atoms with Crippen LogP contribution in [0.2, 0.25) is 0 Å². The van der Waals surface area contributed by atoms with Gasteiger partial charge in [-0.25, -0.2) is 0 Å². The maximum Gasteiger partial charge on any atom is 0.242 e. The Balaban J connectivity index is 2.10. The zero-order valence-corrected chi connectivity index (χ0v) is 11.3. The van der Waals surface area contributed by atoms with E-state index in [-0.39, 0.29) is 5.54 Å². The van der Waals surface area contributed by atoms with Crippen LogP contribution in [0.25, 0.3) is 0 Å². The van der Waals surface area contributed by atoms with Gasteiger partial charge >= 0.3 is 0 Å². The molecule has 98 valence electrons. The van der Waals surface area contributed by atoms with Crippen molar-refractivity contribution in [2.45, 2.75) is 70.4 Å². The second kappa shape index (κ2) is 5.38. The lowest BCUT2D eigenvalue weighted by atomic mass is 9.80. The van der Waals surface area contributed by atoms with Gasteiger partial charge in [-0.1, -0.05) is 19.3 Å². The molecule has 1 N–H and O–H groups in total. The Morgan fingerprint density at radius 2 is 1.65 bits per heavy atom. The molecule has 17 heavy (non-hydrogen) atoms. The van der Waals surface area contributed by atoms with E-state index in [4.69, 9.17) is 0 Å². The van der Waals surface area contributed by atoms with E-state index in [1.165, 1.54) is 32.1 Å². The van der Waals surface area contributed by atoms with Gasteiger partial charge in [-0.3, -0.25) is 4.79 Å². The van der Waals surface area contributed by atoms with Crippen LogP contribution in [0.3, 0.4) is 0 Å². The molecule has 0 spiro atoms. The molecule has 3 nitrogen and oxygen atoms in total. The van der Waals surface area contributed by atoms with Gasteiger partial charge in [0.05, 0.1) is 5.54 Å². The van der Waals surface area contributed by atoms with Crippen LogP contribution in [-0.2, 0) is 4.79 Å². The fourth-order valence-corrected chi connectivity index (χ4v) is 3.35. The third-order valence-corrected chi connectivity index (χ3v) is 4.07. The molecule has 1 heterocycles. The summed E-state index contributed by atoms with van der Waals surface area (Å²) >= 11 is 0. The number of carbonyl (C=O) groups excluding carboxylic acids is 1. The molecule has 1 saturated heterocycles. The summed E-state index contributed by atoms with van der Waals surface area (Å²) in [6.45, 7) is 6.24. The molecule has 0 aromatic rings. The highest BCUT2D eigenvalue weighted by Gasteiger charge is 2.42. The largest absolute Gasteiger partial charge is 0.341 e. The molecule has 0 atom stereocenters. The van der Waals surface area contributed by atoms with Crippen molar-refractivity contribution in [3.63, 3.8) is 0 Å². The van der Waals surface area contributed by atoms with E-state index in [1.54, 1.807) is 0 Å². The van der Waals surface area contributed by atoms with Gasteiger partial charge in [-0.2, -0.15) is 0 Å². The maximum absolute atomic E-state index is 12.7. The quantitative estimate of drug-likeness (QED) is 0.818. The second-order valence-corrected chi connectivity index (χ2v) is 5.94. The predicted octanol–water partition coefficient (Wildman–Crippen LogP) is 2.31. The highest BCUT2D eigenvalue weighted by molar-refractivity contribution is 5.86. The van der Waals surface area contributed by atoms with Crippen LogP contribution in [0.5, 0.6) is 0 Å². The molecular weight excluding hydrogens is 212 g/mol. The van der Waals surface area contributed by atoms with E-state index in [9.17, 15) is 4.79 Å². The topological polar surface area (TPSA) is 32.3 Å². The lowest BCUT2D eigenvalue weighted by molar-refractivity contribution is -0.139. The minimum atomic E-state index is -0.239. The maximum atomic E-state index is 12.7. The van der Waals surface area contributed by atoms with Crippen molar-refractivity contribution in [2.24, 2.45) is 0 Å². The summed E-state index contributed by atoms with van der Waals surface area (Å²) in [5.41, 5.74) is -0.239. The Morgan fingerprint density at radius 3 is 2.18 bits per heavy atom. The summed E-state index contributed by atoms with van der Waals surface area (Å²) in [4.78, 5) is 14.8. The molecule has 0 aromatic heterocycles. The Hall–Kier alpha value is -0.570. The molecule has 1 aliphatic carbocycles. The van der Waals surface area contributed by atoms with Crippen molar-refractivity contribution in [1.82, 2.24) is 10.2 Å². The van der Waals surface area contributed by atoms with Gasteiger partial charge in [0.15, 0.2) is 0 Å². The van der Waals surface area contributed by atoms with Crippen molar-refractivity contribution in [1.29, 1.82) is 0 Å². The van der Waals surface area contributed by atoms with Gasteiger partial charge in [0.25, 0.3) is 0 Å². The lowest BCUT2D eigenvalue weighted by Crippen LogP contribution is -2.60. The monoisotopic (exact) mass is 238 g/mol. The van der Waals surface area contributed by atoms with Gasteiger partial charge in [0, 0.05) is 19.1 Å². The van der Waals surface area contributed by atoms with Crippen LogP contribution in [-0.4, -0.2) is 35.5 Å². The molecular formula is C14H26N2O. The molecule has 1 amide bonds. The number of likely N-dealkylation sites (tertiary alicyclic amines) is 1. The minimum absolute atomic E-state index is 0.239. The third kappa shape index (κ3) is 2.82. The van der Waals surface area contributed by atoms with Gasteiger partial charge < -0.3 is 10.2 Å². The van der Waals surface area contributed by atoms with E-state index >= 15 is 0 Å². The van der Waals surface area contributed by atoms with Gasteiger partial charge in [-0.05, 0) is 39.5 Å². The van der Waals surface area contributed by atoms with Crippen LogP contribution in [0.1, 0.15) is 58.8 Å². The molecule has 0 aromatic carbocycles.